The predicted octanol–water partition coefficient (Wildman–Crippen LogP) is 6.63. The standard InChI is InChI=1S/C31H50O4/c1-20(2)11-10-15-31(8,34)23-13-18-30(7)27(23)24(32)19-25-28(5,16-14-26(33)35-9)22(21(3)4)12-17-29(25,30)6/h10-11,22-25,27,32,34H,1,3,12-19H2,2,4-9H3/t22-,23-,24+,25+,27-,28-,29+,30+,31-/m0/s1. The zero-order chi connectivity index (χ0) is 26.4. The highest BCUT2D eigenvalue weighted by atomic mass is 16.5. The number of hydrogen-bond donors (Lipinski definition) is 2. The predicted molar refractivity (Wildman–Crippen MR) is 143 cm³/mol. The Morgan fingerprint density at radius 2 is 1.77 bits per heavy atom. The van der Waals surface area contributed by atoms with Crippen LogP contribution in [-0.2, 0) is 9.53 Å². The SMILES string of the molecule is C=C(C)C=CC[C@](C)(O)[C@H]1CC[C@]2(C)[C@@H]1[C@H](O)C[C@@H]1[C@@](C)(CCC(=O)OC)[C@H](C(=C)C)CC[C@]12C. The fourth-order valence-corrected chi connectivity index (χ4v) is 9.10. The summed E-state index contributed by atoms with van der Waals surface area (Å²) < 4.78 is 5.00. The van der Waals surface area contributed by atoms with Crippen LogP contribution in [0.3, 0.4) is 0 Å². The molecule has 0 unspecified atom stereocenters. The van der Waals surface area contributed by atoms with Gasteiger partial charge in [0, 0.05) is 6.42 Å². The first-order valence-corrected chi connectivity index (χ1v) is 13.6. The lowest BCUT2D eigenvalue weighted by Crippen LogP contribution is -2.63. The molecule has 9 atom stereocenters. The largest absolute Gasteiger partial charge is 0.469 e. The molecule has 3 rings (SSSR count). The van der Waals surface area contributed by atoms with Gasteiger partial charge in [0.15, 0.2) is 0 Å². The molecule has 2 N–H and O–H groups in total. The number of allylic oxidation sites excluding steroid dienone is 3. The van der Waals surface area contributed by atoms with E-state index < -0.39 is 11.7 Å². The molecular formula is C31H50O4. The van der Waals surface area contributed by atoms with Crippen molar-refractivity contribution in [3.63, 3.8) is 0 Å². The van der Waals surface area contributed by atoms with E-state index in [-0.39, 0.29) is 40.0 Å². The lowest BCUT2D eigenvalue weighted by molar-refractivity contribution is -0.213. The van der Waals surface area contributed by atoms with Gasteiger partial charge in [-0.05, 0) is 106 Å². The van der Waals surface area contributed by atoms with E-state index in [0.717, 1.165) is 37.7 Å². The summed E-state index contributed by atoms with van der Waals surface area (Å²) in [5, 5.41) is 23.4. The van der Waals surface area contributed by atoms with Gasteiger partial charge in [-0.25, -0.2) is 0 Å². The summed E-state index contributed by atoms with van der Waals surface area (Å²) >= 11 is 0. The lowest BCUT2D eigenvalue weighted by Gasteiger charge is -2.67. The van der Waals surface area contributed by atoms with Crippen molar-refractivity contribution in [1.29, 1.82) is 0 Å². The molecule has 0 amide bonds. The molecule has 0 aromatic rings. The van der Waals surface area contributed by atoms with Gasteiger partial charge < -0.3 is 14.9 Å². The molecule has 0 heterocycles. The van der Waals surface area contributed by atoms with E-state index in [1.807, 2.05) is 26.0 Å². The minimum absolute atomic E-state index is 0.0199. The summed E-state index contributed by atoms with van der Waals surface area (Å²) in [6, 6.07) is 0. The van der Waals surface area contributed by atoms with E-state index in [0.29, 0.717) is 25.2 Å². The fourth-order valence-electron chi connectivity index (χ4n) is 9.10. The Morgan fingerprint density at radius 1 is 1.14 bits per heavy atom. The normalized spacial score (nSPS) is 42.7. The maximum absolute atomic E-state index is 12.2. The Hall–Kier alpha value is -1.39. The minimum atomic E-state index is -0.873. The number of methoxy groups -OCH3 is 1. The monoisotopic (exact) mass is 486 g/mol. The van der Waals surface area contributed by atoms with E-state index in [4.69, 9.17) is 4.74 Å². The Morgan fingerprint density at radius 3 is 2.34 bits per heavy atom. The van der Waals surface area contributed by atoms with Crippen LogP contribution in [0.4, 0.5) is 0 Å². The number of carbonyl (C=O) groups is 1. The number of hydrogen-bond acceptors (Lipinski definition) is 4. The van der Waals surface area contributed by atoms with Gasteiger partial charge in [0.1, 0.15) is 0 Å². The van der Waals surface area contributed by atoms with E-state index in [2.05, 4.69) is 40.9 Å². The maximum atomic E-state index is 12.2. The van der Waals surface area contributed by atoms with Crippen molar-refractivity contribution < 1.29 is 19.7 Å². The number of aliphatic hydroxyl groups excluding tert-OH is 1. The van der Waals surface area contributed by atoms with Gasteiger partial charge in [-0.15, -0.1) is 0 Å². The number of rotatable bonds is 8. The van der Waals surface area contributed by atoms with Gasteiger partial charge in [-0.3, -0.25) is 4.79 Å². The highest BCUT2D eigenvalue weighted by Crippen LogP contribution is 2.74. The second-order valence-electron chi connectivity index (χ2n) is 13.2. The highest BCUT2D eigenvalue weighted by molar-refractivity contribution is 5.69. The summed E-state index contributed by atoms with van der Waals surface area (Å²) in [5.41, 5.74) is 1.10. The number of ether oxygens (including phenoxy) is 1. The van der Waals surface area contributed by atoms with Gasteiger partial charge in [0.25, 0.3) is 0 Å². The van der Waals surface area contributed by atoms with E-state index in [1.165, 1.54) is 12.7 Å². The summed E-state index contributed by atoms with van der Waals surface area (Å²) in [4.78, 5) is 12.2. The van der Waals surface area contributed by atoms with Gasteiger partial charge in [0.05, 0.1) is 18.8 Å². The Balaban J connectivity index is 1.98. The molecule has 198 valence electrons. The van der Waals surface area contributed by atoms with Crippen LogP contribution in [0, 0.1) is 39.9 Å². The van der Waals surface area contributed by atoms with Gasteiger partial charge >= 0.3 is 5.97 Å². The summed E-state index contributed by atoms with van der Waals surface area (Å²) in [5.74, 6) is 0.543. The van der Waals surface area contributed by atoms with Crippen molar-refractivity contribution in [1.82, 2.24) is 0 Å². The van der Waals surface area contributed by atoms with E-state index in [9.17, 15) is 15.0 Å². The third-order valence-corrected chi connectivity index (χ3v) is 11.1. The topological polar surface area (TPSA) is 66.8 Å². The molecule has 0 spiro atoms. The molecule has 3 saturated carbocycles. The Bertz CT molecular complexity index is 871. The summed E-state index contributed by atoms with van der Waals surface area (Å²) in [6.45, 7) is 21.5. The maximum Gasteiger partial charge on any atom is 0.305 e. The number of carbonyl (C=O) groups excluding carboxylic acids is 1. The smallest absolute Gasteiger partial charge is 0.305 e. The van der Waals surface area contributed by atoms with Crippen LogP contribution in [-0.4, -0.2) is 35.0 Å². The van der Waals surface area contributed by atoms with Crippen molar-refractivity contribution >= 4 is 5.97 Å². The third-order valence-electron chi connectivity index (χ3n) is 11.1. The van der Waals surface area contributed by atoms with Crippen LogP contribution in [0.5, 0.6) is 0 Å². The van der Waals surface area contributed by atoms with Crippen molar-refractivity contribution in [2.75, 3.05) is 7.11 Å². The molecule has 4 nitrogen and oxygen atoms in total. The van der Waals surface area contributed by atoms with Crippen LogP contribution >= 0.6 is 0 Å². The van der Waals surface area contributed by atoms with Crippen molar-refractivity contribution in [2.24, 2.45) is 39.9 Å². The minimum Gasteiger partial charge on any atom is -0.469 e. The second-order valence-corrected chi connectivity index (χ2v) is 13.2. The van der Waals surface area contributed by atoms with Crippen LogP contribution in [0.1, 0.15) is 92.9 Å². The number of aliphatic hydroxyl groups is 2. The first kappa shape index (κ1) is 28.2. The second kappa shape index (κ2) is 9.82. The third kappa shape index (κ3) is 4.70. The van der Waals surface area contributed by atoms with E-state index >= 15 is 0 Å². The van der Waals surface area contributed by atoms with Gasteiger partial charge in [0.2, 0.25) is 0 Å². The molecule has 0 aromatic carbocycles. The molecule has 3 aliphatic rings. The van der Waals surface area contributed by atoms with Crippen LogP contribution in [0.2, 0.25) is 0 Å². The Kier molecular flexibility index (Phi) is 7.91. The van der Waals surface area contributed by atoms with Crippen molar-refractivity contribution in [3.05, 3.63) is 36.5 Å². The molecule has 0 bridgehead atoms. The van der Waals surface area contributed by atoms with Crippen LogP contribution < -0.4 is 0 Å². The molecule has 0 saturated heterocycles. The van der Waals surface area contributed by atoms with Crippen molar-refractivity contribution in [3.8, 4) is 0 Å². The van der Waals surface area contributed by atoms with Gasteiger partial charge in [-0.2, -0.15) is 0 Å². The Labute approximate surface area is 213 Å². The number of esters is 1. The molecule has 3 fully saturated rings. The lowest BCUT2D eigenvalue weighted by atomic mass is 9.37. The molecular weight excluding hydrogens is 436 g/mol. The van der Waals surface area contributed by atoms with Gasteiger partial charge in [-0.1, -0.05) is 57.2 Å². The molecule has 3 aliphatic carbocycles. The zero-order valence-electron chi connectivity index (χ0n) is 23.3. The summed E-state index contributed by atoms with van der Waals surface area (Å²) in [6.07, 6.45) is 10.0. The quantitative estimate of drug-likeness (QED) is 0.230. The molecule has 0 radical (unpaired) electrons. The van der Waals surface area contributed by atoms with Crippen LogP contribution in [0.25, 0.3) is 0 Å². The summed E-state index contributed by atoms with van der Waals surface area (Å²) in [7, 11) is 1.46. The van der Waals surface area contributed by atoms with Crippen LogP contribution in [0.15, 0.2) is 36.5 Å². The molecule has 35 heavy (non-hydrogen) atoms. The van der Waals surface area contributed by atoms with Crippen molar-refractivity contribution in [2.45, 2.75) is 105 Å². The first-order chi connectivity index (χ1) is 16.1. The average Bonchev–Trinajstić information content (AvgIpc) is 3.14. The highest BCUT2D eigenvalue weighted by Gasteiger charge is 2.69. The number of fused-ring (bicyclic) bond motifs is 3. The molecule has 4 heteroatoms. The average molecular weight is 487 g/mol. The van der Waals surface area contributed by atoms with E-state index in [1.54, 1.807) is 0 Å². The fraction of sp³-hybridized carbons (Fsp3) is 0.774. The molecule has 0 aromatic heterocycles. The first-order valence-electron chi connectivity index (χ1n) is 13.6. The molecule has 0 aliphatic heterocycles. The zero-order valence-corrected chi connectivity index (χ0v) is 23.3.